The van der Waals surface area contributed by atoms with E-state index in [1.165, 1.54) is 0 Å². The van der Waals surface area contributed by atoms with Crippen LogP contribution in [-0.2, 0) is 9.84 Å². The van der Waals surface area contributed by atoms with Gasteiger partial charge in [0.2, 0.25) is 0 Å². The molecular weight excluding hydrogens is 300 g/mol. The Hall–Kier alpha value is -2.08. The summed E-state index contributed by atoms with van der Waals surface area (Å²) in [5.74, 6) is 0.0849. The lowest BCUT2D eigenvalue weighted by Crippen LogP contribution is -2.37. The molecule has 5 nitrogen and oxygen atoms in total. The van der Waals surface area contributed by atoms with Gasteiger partial charge in [-0.2, -0.15) is 0 Å². The van der Waals surface area contributed by atoms with E-state index in [1.54, 1.807) is 18.0 Å². The highest BCUT2D eigenvalue weighted by Gasteiger charge is 2.33. The van der Waals surface area contributed by atoms with Gasteiger partial charge in [0, 0.05) is 36.7 Å². The lowest BCUT2D eigenvalue weighted by Gasteiger charge is -2.23. The number of hydrogen-bond acceptors (Lipinski definition) is 3. The molecule has 1 unspecified atom stereocenters. The van der Waals surface area contributed by atoms with Gasteiger partial charge in [-0.25, -0.2) is 8.42 Å². The Balaban J connectivity index is 1.82. The third-order valence-corrected chi connectivity index (χ3v) is 5.82. The van der Waals surface area contributed by atoms with Gasteiger partial charge in [-0.15, -0.1) is 0 Å². The first-order chi connectivity index (χ1) is 10.5. The van der Waals surface area contributed by atoms with E-state index in [-0.39, 0.29) is 23.5 Å². The molecule has 1 amide bonds. The van der Waals surface area contributed by atoms with E-state index in [0.717, 1.165) is 5.69 Å². The van der Waals surface area contributed by atoms with E-state index >= 15 is 0 Å². The van der Waals surface area contributed by atoms with E-state index in [1.807, 2.05) is 47.3 Å². The predicted octanol–water partition coefficient (Wildman–Crippen LogP) is 1.74. The molecule has 1 saturated heterocycles. The van der Waals surface area contributed by atoms with E-state index in [0.29, 0.717) is 12.0 Å². The van der Waals surface area contributed by atoms with Gasteiger partial charge in [0.25, 0.3) is 5.91 Å². The molecule has 0 saturated carbocycles. The average Bonchev–Trinajstić information content (AvgIpc) is 3.15. The maximum atomic E-state index is 12.6. The van der Waals surface area contributed by atoms with Crippen LogP contribution in [0.3, 0.4) is 0 Å². The standard InChI is InChI=1S/C16H18N2O3S/c1-17(15-7-10-22(20,21)12-15)16(19)13-5-4-6-14(11-13)18-8-2-3-9-18/h2-6,8-9,11,15H,7,10,12H2,1H3. The molecule has 1 aromatic carbocycles. The lowest BCUT2D eigenvalue weighted by molar-refractivity contribution is 0.0747. The number of sulfone groups is 1. The molecule has 0 aliphatic carbocycles. The third-order valence-electron chi connectivity index (χ3n) is 4.07. The quantitative estimate of drug-likeness (QED) is 0.866. The second-order valence-corrected chi connectivity index (χ2v) is 7.84. The summed E-state index contributed by atoms with van der Waals surface area (Å²) in [6.45, 7) is 0. The van der Waals surface area contributed by atoms with Crippen molar-refractivity contribution in [1.29, 1.82) is 0 Å². The van der Waals surface area contributed by atoms with Crippen molar-refractivity contribution >= 4 is 15.7 Å². The van der Waals surface area contributed by atoms with Crippen LogP contribution in [0.15, 0.2) is 48.8 Å². The number of nitrogens with zero attached hydrogens (tertiary/aromatic N) is 2. The van der Waals surface area contributed by atoms with E-state index in [4.69, 9.17) is 0 Å². The predicted molar refractivity (Wildman–Crippen MR) is 84.9 cm³/mol. The minimum absolute atomic E-state index is 0.0620. The molecule has 0 spiro atoms. The van der Waals surface area contributed by atoms with Gasteiger partial charge in [-0.1, -0.05) is 6.07 Å². The normalized spacial score (nSPS) is 20.0. The molecule has 3 rings (SSSR count). The minimum Gasteiger partial charge on any atom is -0.338 e. The first kappa shape index (κ1) is 14.8. The SMILES string of the molecule is CN(C(=O)c1cccc(-n2cccc2)c1)C1CCS(=O)(=O)C1. The monoisotopic (exact) mass is 318 g/mol. The molecular formula is C16H18N2O3S. The number of aromatic nitrogens is 1. The Bertz CT molecular complexity index is 781. The lowest BCUT2D eigenvalue weighted by atomic mass is 10.1. The summed E-state index contributed by atoms with van der Waals surface area (Å²) in [6.07, 6.45) is 4.34. The summed E-state index contributed by atoms with van der Waals surface area (Å²) in [6, 6.07) is 11.0. The summed E-state index contributed by atoms with van der Waals surface area (Å²) < 4.78 is 25.1. The maximum absolute atomic E-state index is 12.6. The van der Waals surface area contributed by atoms with Gasteiger partial charge in [0.05, 0.1) is 11.5 Å². The minimum atomic E-state index is -3.00. The fourth-order valence-corrected chi connectivity index (χ4v) is 4.53. The van der Waals surface area contributed by atoms with Crippen molar-refractivity contribution in [2.24, 2.45) is 0 Å². The number of hydrogen-bond donors (Lipinski definition) is 0. The summed E-state index contributed by atoms with van der Waals surface area (Å²) in [5.41, 5.74) is 1.47. The van der Waals surface area contributed by atoms with Gasteiger partial charge in [-0.05, 0) is 36.8 Å². The molecule has 0 bridgehead atoms. The van der Waals surface area contributed by atoms with Crippen LogP contribution in [0.1, 0.15) is 16.8 Å². The molecule has 1 aromatic heterocycles. The third kappa shape index (κ3) is 2.92. The number of carbonyl (C=O) groups excluding carboxylic acids is 1. The Morgan fingerprint density at radius 1 is 1.23 bits per heavy atom. The fraction of sp³-hybridized carbons (Fsp3) is 0.312. The second-order valence-electron chi connectivity index (χ2n) is 5.61. The molecule has 1 atom stereocenters. The first-order valence-electron chi connectivity index (χ1n) is 7.17. The fourth-order valence-electron chi connectivity index (χ4n) is 2.76. The van der Waals surface area contributed by atoms with Crippen LogP contribution in [0, 0.1) is 0 Å². The largest absolute Gasteiger partial charge is 0.338 e. The van der Waals surface area contributed by atoms with Crippen molar-refractivity contribution in [3.05, 3.63) is 54.4 Å². The van der Waals surface area contributed by atoms with Gasteiger partial charge in [-0.3, -0.25) is 4.79 Å². The molecule has 2 aromatic rings. The van der Waals surface area contributed by atoms with Gasteiger partial charge in [0.1, 0.15) is 0 Å². The van der Waals surface area contributed by atoms with Crippen molar-refractivity contribution in [3.8, 4) is 5.69 Å². The molecule has 6 heteroatoms. The van der Waals surface area contributed by atoms with Crippen molar-refractivity contribution in [2.75, 3.05) is 18.6 Å². The first-order valence-corrected chi connectivity index (χ1v) is 8.99. The van der Waals surface area contributed by atoms with E-state index < -0.39 is 9.84 Å². The van der Waals surface area contributed by atoms with Gasteiger partial charge < -0.3 is 9.47 Å². The maximum Gasteiger partial charge on any atom is 0.253 e. The highest BCUT2D eigenvalue weighted by Crippen LogP contribution is 2.19. The summed E-state index contributed by atoms with van der Waals surface area (Å²) in [4.78, 5) is 14.1. The zero-order valence-corrected chi connectivity index (χ0v) is 13.2. The van der Waals surface area contributed by atoms with Crippen molar-refractivity contribution < 1.29 is 13.2 Å². The molecule has 1 fully saturated rings. The number of carbonyl (C=O) groups is 1. The van der Waals surface area contributed by atoms with Crippen molar-refractivity contribution in [2.45, 2.75) is 12.5 Å². The Labute approximate surface area is 130 Å². The molecule has 0 radical (unpaired) electrons. The molecule has 2 heterocycles. The van der Waals surface area contributed by atoms with E-state index in [2.05, 4.69) is 0 Å². The molecule has 1 aliphatic rings. The smallest absolute Gasteiger partial charge is 0.253 e. The van der Waals surface area contributed by atoms with Crippen LogP contribution < -0.4 is 0 Å². The van der Waals surface area contributed by atoms with Gasteiger partial charge in [0.15, 0.2) is 9.84 Å². The molecule has 1 aliphatic heterocycles. The van der Waals surface area contributed by atoms with Crippen LogP contribution in [0.5, 0.6) is 0 Å². The summed E-state index contributed by atoms with van der Waals surface area (Å²) in [7, 11) is -1.32. The Kier molecular flexibility index (Phi) is 3.78. The van der Waals surface area contributed by atoms with Gasteiger partial charge >= 0.3 is 0 Å². The van der Waals surface area contributed by atoms with Crippen LogP contribution >= 0.6 is 0 Å². The van der Waals surface area contributed by atoms with Crippen LogP contribution in [0.4, 0.5) is 0 Å². The van der Waals surface area contributed by atoms with Crippen LogP contribution in [0.25, 0.3) is 5.69 Å². The van der Waals surface area contributed by atoms with Crippen LogP contribution in [-0.4, -0.2) is 48.4 Å². The van der Waals surface area contributed by atoms with Crippen molar-refractivity contribution in [3.63, 3.8) is 0 Å². The summed E-state index contributed by atoms with van der Waals surface area (Å²) >= 11 is 0. The Morgan fingerprint density at radius 3 is 2.59 bits per heavy atom. The van der Waals surface area contributed by atoms with Crippen molar-refractivity contribution in [1.82, 2.24) is 9.47 Å². The number of rotatable bonds is 3. The second kappa shape index (κ2) is 5.61. The molecule has 0 N–H and O–H groups in total. The van der Waals surface area contributed by atoms with E-state index in [9.17, 15) is 13.2 Å². The Morgan fingerprint density at radius 2 is 1.95 bits per heavy atom. The topological polar surface area (TPSA) is 59.4 Å². The zero-order chi connectivity index (χ0) is 15.7. The number of amides is 1. The zero-order valence-electron chi connectivity index (χ0n) is 12.3. The summed E-state index contributed by atoms with van der Waals surface area (Å²) in [5, 5.41) is 0. The highest BCUT2D eigenvalue weighted by molar-refractivity contribution is 7.91. The molecule has 116 valence electrons. The van der Waals surface area contributed by atoms with Crippen LogP contribution in [0.2, 0.25) is 0 Å². The number of benzene rings is 1. The highest BCUT2D eigenvalue weighted by atomic mass is 32.2. The average molecular weight is 318 g/mol. The molecule has 22 heavy (non-hydrogen) atoms.